The van der Waals surface area contributed by atoms with Crippen LogP contribution in [-0.2, 0) is 4.79 Å². The molecule has 2 heterocycles. The van der Waals surface area contributed by atoms with Gasteiger partial charge in [-0.05, 0) is 49.0 Å². The number of likely N-dealkylation sites (tertiary alicyclic amines) is 1. The molecular formula is C20H32Cl2N4O2. The maximum atomic E-state index is 11.0. The Morgan fingerprint density at radius 3 is 2.57 bits per heavy atom. The van der Waals surface area contributed by atoms with Crippen molar-refractivity contribution in [3.8, 4) is 0 Å². The summed E-state index contributed by atoms with van der Waals surface area (Å²) in [4.78, 5) is 18.0. The Morgan fingerprint density at radius 2 is 1.93 bits per heavy atom. The second-order valence-electron chi connectivity index (χ2n) is 7.53. The van der Waals surface area contributed by atoms with Crippen LogP contribution in [0.1, 0.15) is 50.5 Å². The molecule has 3 N–H and O–H groups in total. The Morgan fingerprint density at radius 1 is 1.18 bits per heavy atom. The number of rotatable bonds is 6. The molecule has 2 aliphatic rings. The van der Waals surface area contributed by atoms with Crippen molar-refractivity contribution in [2.24, 2.45) is 5.92 Å². The van der Waals surface area contributed by atoms with Crippen LogP contribution in [0, 0.1) is 5.92 Å². The van der Waals surface area contributed by atoms with Gasteiger partial charge in [-0.3, -0.25) is 10.0 Å². The highest BCUT2D eigenvalue weighted by Crippen LogP contribution is 2.25. The van der Waals surface area contributed by atoms with E-state index in [0.29, 0.717) is 6.04 Å². The number of pyridine rings is 1. The van der Waals surface area contributed by atoms with Crippen LogP contribution < -0.4 is 10.8 Å². The molecule has 0 radical (unpaired) electrons. The molecule has 1 aliphatic heterocycles. The first-order chi connectivity index (χ1) is 12.7. The van der Waals surface area contributed by atoms with E-state index in [9.17, 15) is 4.79 Å². The van der Waals surface area contributed by atoms with Crippen LogP contribution in [0.15, 0.2) is 24.4 Å². The van der Waals surface area contributed by atoms with Crippen molar-refractivity contribution in [2.75, 3.05) is 25.0 Å². The van der Waals surface area contributed by atoms with Crippen molar-refractivity contribution in [1.29, 1.82) is 0 Å². The number of carbonyl (C=O) groups excluding carboxylic acids is 1. The lowest BCUT2D eigenvalue weighted by Gasteiger charge is -2.22. The van der Waals surface area contributed by atoms with Crippen LogP contribution in [0.3, 0.4) is 0 Å². The number of hydrogen-bond donors (Lipinski definition) is 3. The molecule has 1 saturated heterocycles. The Hall–Kier alpha value is -1.34. The Labute approximate surface area is 179 Å². The van der Waals surface area contributed by atoms with Gasteiger partial charge in [0, 0.05) is 37.9 Å². The van der Waals surface area contributed by atoms with Crippen molar-refractivity contribution in [2.45, 2.75) is 51.0 Å². The van der Waals surface area contributed by atoms with Gasteiger partial charge in [0.15, 0.2) is 0 Å². The number of anilines is 1. The van der Waals surface area contributed by atoms with Crippen molar-refractivity contribution in [3.63, 3.8) is 0 Å². The van der Waals surface area contributed by atoms with Crippen LogP contribution in [0.4, 0.5) is 5.82 Å². The van der Waals surface area contributed by atoms with E-state index < -0.39 is 5.91 Å². The zero-order chi connectivity index (χ0) is 18.2. The van der Waals surface area contributed by atoms with E-state index in [0.717, 1.165) is 30.3 Å². The third-order valence-corrected chi connectivity index (χ3v) is 5.44. The van der Waals surface area contributed by atoms with Gasteiger partial charge in [-0.2, -0.15) is 0 Å². The van der Waals surface area contributed by atoms with Gasteiger partial charge in [0.1, 0.15) is 5.82 Å². The van der Waals surface area contributed by atoms with Crippen LogP contribution in [0.2, 0.25) is 0 Å². The topological polar surface area (TPSA) is 77.5 Å². The molecule has 1 amide bonds. The average Bonchev–Trinajstić information content (AvgIpc) is 2.93. The fourth-order valence-corrected chi connectivity index (χ4v) is 4.04. The maximum absolute atomic E-state index is 11.0. The summed E-state index contributed by atoms with van der Waals surface area (Å²) >= 11 is 0. The van der Waals surface area contributed by atoms with Crippen molar-refractivity contribution in [3.05, 3.63) is 30.0 Å². The first-order valence-electron chi connectivity index (χ1n) is 9.80. The minimum absolute atomic E-state index is 0. The van der Waals surface area contributed by atoms with Crippen molar-refractivity contribution < 1.29 is 10.0 Å². The van der Waals surface area contributed by atoms with Crippen molar-refractivity contribution >= 4 is 42.6 Å². The number of carbonyl (C=O) groups is 1. The van der Waals surface area contributed by atoms with Crippen molar-refractivity contribution in [1.82, 2.24) is 15.4 Å². The summed E-state index contributed by atoms with van der Waals surface area (Å²) in [6, 6.07) is 4.30. The molecule has 1 aliphatic carbocycles. The maximum Gasteiger partial charge on any atom is 0.267 e. The number of hydrogen-bond acceptors (Lipinski definition) is 5. The van der Waals surface area contributed by atoms with Gasteiger partial charge >= 0.3 is 0 Å². The van der Waals surface area contributed by atoms with Gasteiger partial charge in [0.25, 0.3) is 5.91 Å². The monoisotopic (exact) mass is 430 g/mol. The molecule has 1 saturated carbocycles. The van der Waals surface area contributed by atoms with Gasteiger partial charge in [-0.1, -0.05) is 25.7 Å². The molecule has 0 aromatic carbocycles. The van der Waals surface area contributed by atoms with Crippen LogP contribution >= 0.6 is 24.8 Å². The second kappa shape index (κ2) is 13.0. The smallest absolute Gasteiger partial charge is 0.267 e. The molecule has 3 rings (SSSR count). The Bertz CT molecular complexity index is 605. The lowest BCUT2D eigenvalue weighted by atomic mass is 10.00. The van der Waals surface area contributed by atoms with E-state index in [2.05, 4.69) is 15.2 Å². The summed E-state index contributed by atoms with van der Waals surface area (Å²) in [6.45, 7) is 3.52. The summed E-state index contributed by atoms with van der Waals surface area (Å²) in [5, 5.41) is 12.0. The lowest BCUT2D eigenvalue weighted by molar-refractivity contribution is -0.124. The predicted octanol–water partition coefficient (Wildman–Crippen LogP) is 3.90. The molecule has 0 unspecified atom stereocenters. The zero-order valence-corrected chi connectivity index (χ0v) is 17.8. The fraction of sp³-hybridized carbons (Fsp3) is 0.600. The Balaban J connectivity index is 0.00000196. The molecule has 8 heteroatoms. The minimum atomic E-state index is -0.549. The number of hydroxylamine groups is 1. The number of nitrogens with zero attached hydrogens (tertiary/aromatic N) is 2. The number of nitrogens with one attached hydrogen (secondary N) is 2. The summed E-state index contributed by atoms with van der Waals surface area (Å²) in [5.74, 6) is 1.21. The molecule has 1 aromatic rings. The zero-order valence-electron chi connectivity index (χ0n) is 16.2. The van der Waals surface area contributed by atoms with E-state index in [-0.39, 0.29) is 24.8 Å². The molecule has 158 valence electrons. The molecule has 28 heavy (non-hydrogen) atoms. The SMILES string of the molecule is Cl.Cl.O=C(C=Cc1ccc(N[C@@H]2CCN(CC3CCCCCC3)C2)nc1)NO. The van der Waals surface area contributed by atoms with Gasteiger partial charge in [0.05, 0.1) is 0 Å². The van der Waals surface area contributed by atoms with Gasteiger partial charge in [-0.25, -0.2) is 10.5 Å². The summed E-state index contributed by atoms with van der Waals surface area (Å²) in [6.07, 6.45) is 14.2. The van der Waals surface area contributed by atoms with E-state index in [1.807, 2.05) is 12.1 Å². The number of amides is 1. The van der Waals surface area contributed by atoms with E-state index >= 15 is 0 Å². The predicted molar refractivity (Wildman–Crippen MR) is 117 cm³/mol. The third-order valence-electron chi connectivity index (χ3n) is 5.44. The first kappa shape index (κ1) is 24.7. The second-order valence-corrected chi connectivity index (χ2v) is 7.53. The summed E-state index contributed by atoms with van der Waals surface area (Å²) < 4.78 is 0. The average molecular weight is 431 g/mol. The van der Waals surface area contributed by atoms with E-state index in [1.165, 1.54) is 57.7 Å². The highest BCUT2D eigenvalue weighted by atomic mass is 35.5. The highest BCUT2D eigenvalue weighted by Gasteiger charge is 2.25. The molecule has 1 atom stereocenters. The molecule has 6 nitrogen and oxygen atoms in total. The highest BCUT2D eigenvalue weighted by molar-refractivity contribution is 5.90. The van der Waals surface area contributed by atoms with Gasteiger partial charge < -0.3 is 10.2 Å². The number of halogens is 2. The Kier molecular flexibility index (Phi) is 11.5. The normalized spacial score (nSPS) is 20.8. The minimum Gasteiger partial charge on any atom is -0.366 e. The quantitative estimate of drug-likeness (QED) is 0.276. The van der Waals surface area contributed by atoms with Crippen LogP contribution in [0.25, 0.3) is 6.08 Å². The molecule has 0 spiro atoms. The van der Waals surface area contributed by atoms with Gasteiger partial charge in [0.2, 0.25) is 0 Å². The largest absolute Gasteiger partial charge is 0.366 e. The summed E-state index contributed by atoms with van der Waals surface area (Å²) in [7, 11) is 0. The molecule has 1 aromatic heterocycles. The van der Waals surface area contributed by atoms with E-state index in [1.54, 1.807) is 17.8 Å². The first-order valence-corrected chi connectivity index (χ1v) is 9.80. The van der Waals surface area contributed by atoms with E-state index in [4.69, 9.17) is 5.21 Å². The van der Waals surface area contributed by atoms with Crippen LogP contribution in [-0.4, -0.2) is 46.7 Å². The molecule has 2 fully saturated rings. The number of aromatic nitrogens is 1. The van der Waals surface area contributed by atoms with Crippen LogP contribution in [0.5, 0.6) is 0 Å². The fourth-order valence-electron chi connectivity index (χ4n) is 4.04. The van der Waals surface area contributed by atoms with Gasteiger partial charge in [-0.15, -0.1) is 24.8 Å². The molecular weight excluding hydrogens is 399 g/mol. The standard InChI is InChI=1S/C20H30N4O2.2ClH/c25-20(23-26)10-8-16-7-9-19(21-13-16)22-18-11-12-24(15-18)14-17-5-3-1-2-4-6-17;;/h7-10,13,17-18,26H,1-6,11-12,14-15H2,(H,21,22)(H,23,25);2*1H/t18-;;/m1../s1. The summed E-state index contributed by atoms with van der Waals surface area (Å²) in [5.41, 5.74) is 2.39. The molecule has 0 bridgehead atoms. The lowest BCUT2D eigenvalue weighted by Crippen LogP contribution is -2.30. The third kappa shape index (κ3) is 7.95.